The van der Waals surface area contributed by atoms with Crippen LogP contribution in [0.3, 0.4) is 0 Å². The molecule has 6 aliphatic rings. The lowest BCUT2D eigenvalue weighted by molar-refractivity contribution is -0.421. The molecule has 0 N–H and O–H groups in total. The predicted octanol–water partition coefficient (Wildman–Crippen LogP) is 12.4. The van der Waals surface area contributed by atoms with Crippen molar-refractivity contribution in [2.45, 2.75) is 135 Å². The Kier molecular flexibility index (Phi) is 20.7. The number of rotatable bonds is 20. The quantitative estimate of drug-likeness (QED) is 0.0664. The molecule has 0 radical (unpaired) electrons. The first-order valence-electron chi connectivity index (χ1n) is 32.7. The summed E-state index contributed by atoms with van der Waals surface area (Å²) in [6.45, 7) is 0.526. The van der Waals surface area contributed by atoms with Gasteiger partial charge in [0.05, 0.1) is 50.4 Å². The third-order valence-corrected chi connectivity index (χ3v) is 19.6. The fourth-order valence-electron chi connectivity index (χ4n) is 13.3. The minimum atomic E-state index is -1.83. The highest BCUT2D eigenvalue weighted by Gasteiger charge is 2.60. The summed E-state index contributed by atoms with van der Waals surface area (Å²) in [6, 6.07) is 82.3. The summed E-state index contributed by atoms with van der Waals surface area (Å²) in [6.07, 6.45) is -16.3. The van der Waals surface area contributed by atoms with Crippen LogP contribution in [0.2, 0.25) is 0 Å². The van der Waals surface area contributed by atoms with E-state index in [1.807, 2.05) is 237 Å². The summed E-state index contributed by atoms with van der Waals surface area (Å²) in [5.74, 6) is 6.75. The summed E-state index contributed by atoms with van der Waals surface area (Å²) in [4.78, 5) is 0.536. The summed E-state index contributed by atoms with van der Waals surface area (Å²) in [5, 5.41) is 2.11. The average Bonchev–Trinajstić information content (AvgIpc) is 0.771. The number of fused-ring (bicyclic) bond motifs is 4. The molecule has 96 heavy (non-hydrogen) atoms. The maximum atomic E-state index is 15.3. The van der Waals surface area contributed by atoms with Crippen LogP contribution in [-0.4, -0.2) is 122 Å². The minimum Gasteiger partial charge on any atom is -0.367 e. The van der Waals surface area contributed by atoms with Crippen LogP contribution in [0.15, 0.2) is 260 Å². The summed E-state index contributed by atoms with van der Waals surface area (Å²) >= 11 is 0. The van der Waals surface area contributed by atoms with Crippen molar-refractivity contribution in [3.05, 3.63) is 294 Å². The highest BCUT2D eigenvalue weighted by molar-refractivity contribution is 7.85. The van der Waals surface area contributed by atoms with Gasteiger partial charge in [0.2, 0.25) is 0 Å². The first-order chi connectivity index (χ1) is 47.5. The van der Waals surface area contributed by atoms with Gasteiger partial charge in [-0.2, -0.15) is 0 Å². The van der Waals surface area contributed by atoms with Gasteiger partial charge in [-0.15, -0.1) is 0 Å². The Balaban J connectivity index is 0.837. The molecule has 19 atom stereocenters. The smallest absolute Gasteiger partial charge is 0.187 e. The zero-order chi connectivity index (χ0) is 64.4. The number of ether oxygens (including phenoxy) is 15. The zero-order valence-corrected chi connectivity index (χ0v) is 53.3. The highest BCUT2D eigenvalue weighted by Crippen LogP contribution is 2.45. The molecule has 0 saturated carbocycles. The molecule has 0 spiro atoms. The SMILES string of the molecule is O=S(c1ccccc1)[C@@H]1O[C@@H]2COC(c3ccccc3)O[C@H]2[C@H](O[C@@H]2O[C@@H]3COC(c4ccccc4)O[C@H]3[C@H](O[C@@H]3O[C@@H]4COC(c5ccccc5)O[C@H]4[C@H](OCC#Cc4cccc5ccccc45)[C@@H]3OCc3ccccc3)[C@@H]2OCc2ccccc2)[C@@H]1OCc1ccccc1. The third kappa shape index (κ3) is 14.8. The fourth-order valence-corrected chi connectivity index (χ4v) is 14.7. The average molecular weight is 1310 g/mol. The van der Waals surface area contributed by atoms with Crippen molar-refractivity contribution in [2.24, 2.45) is 0 Å². The van der Waals surface area contributed by atoms with Gasteiger partial charge in [-0.3, -0.25) is 4.21 Å². The largest absolute Gasteiger partial charge is 0.367 e. The van der Waals surface area contributed by atoms with Crippen LogP contribution in [0.5, 0.6) is 0 Å². The molecule has 0 aliphatic carbocycles. The molecule has 15 rings (SSSR count). The topological polar surface area (TPSA) is 156 Å². The van der Waals surface area contributed by atoms with Crippen LogP contribution in [-0.2, 0) is 102 Å². The van der Waals surface area contributed by atoms with Gasteiger partial charge in [0.25, 0.3) is 0 Å². The molecule has 0 amide bonds. The van der Waals surface area contributed by atoms with E-state index < -0.39 is 121 Å². The van der Waals surface area contributed by atoms with Crippen molar-refractivity contribution < 1.29 is 75.3 Å². The molecular weight excluding hydrogens is 1240 g/mol. The van der Waals surface area contributed by atoms with E-state index in [1.54, 1.807) is 0 Å². The first kappa shape index (κ1) is 64.4. The molecule has 16 nitrogen and oxygen atoms in total. The molecule has 6 fully saturated rings. The molecule has 0 aromatic heterocycles. The summed E-state index contributed by atoms with van der Waals surface area (Å²) in [5.41, 5.74) is 4.80. The van der Waals surface area contributed by atoms with Crippen molar-refractivity contribution in [1.29, 1.82) is 0 Å². The molecule has 9 aromatic carbocycles. The monoisotopic (exact) mass is 1310 g/mol. The standard InChI is InChI=1S/C79H74O16S/c80-96(60-42-20-7-21-43-60)79-73(84-48-54-30-12-3-13-31-54)70(67-64(90-79)51-87-76(93-67)59-37-18-6-19-38-59)95-78-72(83-47-53-28-10-2-11-29-53)69(66-63(89-78)50-86-75(92-66)58-35-16-5-17-36-58)94-77-71(82-46-52-26-8-1-9-27-52)68(65-62(88-77)49-85-74(91-65)57-33-14-4-15-34-57)81-45-25-41-56-40-24-39-55-32-22-23-44-61(55)56/h1-24,26-40,42-44,62-79H,45-51H2/t62-,63-,64-,65-,66-,67-,68+,69+,70+,71+,72+,73+,74?,75?,76?,77+,78+,79+,96?/m1/s1. The molecule has 17 heteroatoms. The molecular formula is C79H74O16S. The lowest BCUT2D eigenvalue weighted by Gasteiger charge is -2.54. The molecule has 4 unspecified atom stereocenters. The van der Waals surface area contributed by atoms with Gasteiger partial charge in [-0.25, -0.2) is 0 Å². The van der Waals surface area contributed by atoms with E-state index in [4.69, 9.17) is 71.1 Å². The molecule has 6 heterocycles. The molecule has 492 valence electrons. The highest BCUT2D eigenvalue weighted by atomic mass is 32.2. The van der Waals surface area contributed by atoms with Gasteiger partial charge in [-0.1, -0.05) is 248 Å². The maximum Gasteiger partial charge on any atom is 0.187 e. The van der Waals surface area contributed by atoms with Gasteiger partial charge in [0.15, 0.2) is 36.9 Å². The Morgan fingerprint density at radius 3 is 1.24 bits per heavy atom. The van der Waals surface area contributed by atoms with E-state index in [-0.39, 0.29) is 46.2 Å². The summed E-state index contributed by atoms with van der Waals surface area (Å²) in [7, 11) is -1.83. The molecule has 6 saturated heterocycles. The zero-order valence-electron chi connectivity index (χ0n) is 52.5. The van der Waals surface area contributed by atoms with E-state index in [0.29, 0.717) is 4.90 Å². The van der Waals surface area contributed by atoms with Crippen molar-refractivity contribution in [2.75, 3.05) is 26.4 Å². The molecule has 9 aromatic rings. The Morgan fingerprint density at radius 2 is 0.750 bits per heavy atom. The van der Waals surface area contributed by atoms with Crippen molar-refractivity contribution >= 4 is 21.6 Å². The Morgan fingerprint density at radius 1 is 0.365 bits per heavy atom. The van der Waals surface area contributed by atoms with Gasteiger partial charge in [0, 0.05) is 27.1 Å². The molecule has 6 aliphatic heterocycles. The van der Waals surface area contributed by atoms with Gasteiger partial charge >= 0.3 is 0 Å². The normalized spacial score (nSPS) is 30.5. The van der Waals surface area contributed by atoms with E-state index in [2.05, 4.69) is 30.0 Å². The second kappa shape index (κ2) is 30.8. The Hall–Kier alpha value is -7.65. The van der Waals surface area contributed by atoms with Crippen LogP contribution in [0.25, 0.3) is 10.8 Å². The van der Waals surface area contributed by atoms with Crippen LogP contribution in [0, 0.1) is 11.8 Å². The predicted molar refractivity (Wildman–Crippen MR) is 354 cm³/mol. The number of hydrogen-bond acceptors (Lipinski definition) is 16. The Bertz CT molecular complexity index is 4000. The summed E-state index contributed by atoms with van der Waals surface area (Å²) < 4.78 is 122. The lowest BCUT2D eigenvalue weighted by Crippen LogP contribution is -2.70. The van der Waals surface area contributed by atoms with Crippen molar-refractivity contribution in [1.82, 2.24) is 0 Å². The van der Waals surface area contributed by atoms with Crippen LogP contribution in [0.4, 0.5) is 0 Å². The Labute approximate surface area is 560 Å². The van der Waals surface area contributed by atoms with Gasteiger partial charge < -0.3 is 71.1 Å². The third-order valence-electron chi connectivity index (χ3n) is 18.1. The van der Waals surface area contributed by atoms with E-state index >= 15 is 4.21 Å². The van der Waals surface area contributed by atoms with E-state index in [1.165, 1.54) is 0 Å². The second-order valence-electron chi connectivity index (χ2n) is 24.4. The van der Waals surface area contributed by atoms with Crippen LogP contribution < -0.4 is 0 Å². The van der Waals surface area contributed by atoms with E-state index in [9.17, 15) is 0 Å². The maximum absolute atomic E-state index is 15.3. The van der Waals surface area contributed by atoms with E-state index in [0.717, 1.165) is 49.7 Å². The fraction of sp³-hybridized carbons (Fsp3) is 0.316. The second-order valence-corrected chi connectivity index (χ2v) is 25.9. The first-order valence-corrected chi connectivity index (χ1v) is 34.0. The number of hydrogen-bond donors (Lipinski definition) is 0. The number of benzene rings is 9. The van der Waals surface area contributed by atoms with Gasteiger partial charge in [-0.05, 0) is 45.7 Å². The molecule has 0 bridgehead atoms. The lowest BCUT2D eigenvalue weighted by atomic mass is 9.94. The van der Waals surface area contributed by atoms with Crippen LogP contribution >= 0.6 is 0 Å². The minimum absolute atomic E-state index is 0.00971. The van der Waals surface area contributed by atoms with Crippen molar-refractivity contribution in [3.63, 3.8) is 0 Å². The van der Waals surface area contributed by atoms with Gasteiger partial charge in [0.1, 0.15) is 79.9 Å². The van der Waals surface area contributed by atoms with Crippen molar-refractivity contribution in [3.8, 4) is 11.8 Å². The van der Waals surface area contributed by atoms with Crippen LogP contribution in [0.1, 0.15) is 57.8 Å².